The molecular formula is C17H20N2O3. The first-order valence-electron chi connectivity index (χ1n) is 7.41. The van der Waals surface area contributed by atoms with Crippen molar-refractivity contribution in [2.45, 2.75) is 6.92 Å². The highest BCUT2D eigenvalue weighted by molar-refractivity contribution is 5.91. The lowest BCUT2D eigenvalue weighted by atomic mass is 10.2. The highest BCUT2D eigenvalue weighted by Crippen LogP contribution is 2.21. The van der Waals surface area contributed by atoms with E-state index >= 15 is 0 Å². The fourth-order valence-electron chi connectivity index (χ4n) is 2.66. The molecule has 2 aromatic rings. The SMILES string of the molecule is COc1ccc(N2CCN(C(=O)c3cc(C)co3)CC2)cc1. The zero-order valence-corrected chi connectivity index (χ0v) is 12.9. The van der Waals surface area contributed by atoms with E-state index in [0.717, 1.165) is 30.1 Å². The van der Waals surface area contributed by atoms with Crippen molar-refractivity contribution in [3.05, 3.63) is 47.9 Å². The number of hydrogen-bond acceptors (Lipinski definition) is 4. The van der Waals surface area contributed by atoms with Crippen LogP contribution in [0.2, 0.25) is 0 Å². The van der Waals surface area contributed by atoms with Gasteiger partial charge < -0.3 is 19.0 Å². The van der Waals surface area contributed by atoms with Gasteiger partial charge in [0.15, 0.2) is 5.76 Å². The van der Waals surface area contributed by atoms with E-state index in [4.69, 9.17) is 9.15 Å². The van der Waals surface area contributed by atoms with Gasteiger partial charge in [-0.25, -0.2) is 0 Å². The normalized spacial score (nSPS) is 15.0. The molecule has 0 unspecified atom stereocenters. The topological polar surface area (TPSA) is 45.9 Å². The first kappa shape index (κ1) is 14.5. The molecule has 1 saturated heterocycles. The predicted octanol–water partition coefficient (Wildman–Crippen LogP) is 2.56. The summed E-state index contributed by atoms with van der Waals surface area (Å²) < 4.78 is 10.5. The van der Waals surface area contributed by atoms with E-state index in [2.05, 4.69) is 4.90 Å². The molecule has 3 rings (SSSR count). The number of aryl methyl sites for hydroxylation is 1. The molecule has 0 N–H and O–H groups in total. The van der Waals surface area contributed by atoms with Gasteiger partial charge in [0.05, 0.1) is 13.4 Å². The van der Waals surface area contributed by atoms with Crippen LogP contribution in [0.4, 0.5) is 5.69 Å². The minimum atomic E-state index is -0.0255. The molecule has 1 aromatic heterocycles. The van der Waals surface area contributed by atoms with Crippen LogP contribution >= 0.6 is 0 Å². The number of amides is 1. The molecule has 0 bridgehead atoms. The highest BCUT2D eigenvalue weighted by Gasteiger charge is 2.24. The summed E-state index contributed by atoms with van der Waals surface area (Å²) in [4.78, 5) is 16.5. The Hall–Kier alpha value is -2.43. The Balaban J connectivity index is 1.61. The Morgan fingerprint density at radius 3 is 2.36 bits per heavy atom. The van der Waals surface area contributed by atoms with Gasteiger partial charge in [-0.05, 0) is 42.8 Å². The average molecular weight is 300 g/mol. The summed E-state index contributed by atoms with van der Waals surface area (Å²) in [7, 11) is 1.66. The van der Waals surface area contributed by atoms with Crippen LogP contribution in [0, 0.1) is 6.92 Å². The molecule has 1 amide bonds. The van der Waals surface area contributed by atoms with Crippen molar-refractivity contribution in [1.29, 1.82) is 0 Å². The fourth-order valence-corrected chi connectivity index (χ4v) is 2.66. The number of carbonyl (C=O) groups excluding carboxylic acids is 1. The lowest BCUT2D eigenvalue weighted by Gasteiger charge is -2.35. The Morgan fingerprint density at radius 2 is 1.82 bits per heavy atom. The van der Waals surface area contributed by atoms with Crippen molar-refractivity contribution >= 4 is 11.6 Å². The van der Waals surface area contributed by atoms with Crippen LogP contribution in [-0.2, 0) is 0 Å². The molecule has 116 valence electrons. The molecule has 0 atom stereocenters. The quantitative estimate of drug-likeness (QED) is 0.874. The molecule has 1 aliphatic rings. The minimum Gasteiger partial charge on any atom is -0.497 e. The third-order valence-corrected chi connectivity index (χ3v) is 3.95. The van der Waals surface area contributed by atoms with Crippen molar-refractivity contribution in [2.75, 3.05) is 38.2 Å². The number of ether oxygens (including phenoxy) is 1. The Bertz CT molecular complexity index is 640. The monoisotopic (exact) mass is 300 g/mol. The number of rotatable bonds is 3. The number of carbonyl (C=O) groups is 1. The Labute approximate surface area is 130 Å². The Morgan fingerprint density at radius 1 is 1.14 bits per heavy atom. The number of piperazine rings is 1. The van der Waals surface area contributed by atoms with Gasteiger partial charge in [-0.15, -0.1) is 0 Å². The molecule has 0 saturated carbocycles. The summed E-state index contributed by atoms with van der Waals surface area (Å²) in [6, 6.07) is 9.80. The lowest BCUT2D eigenvalue weighted by Crippen LogP contribution is -2.48. The van der Waals surface area contributed by atoms with E-state index in [1.54, 1.807) is 19.4 Å². The van der Waals surface area contributed by atoms with Crippen molar-refractivity contribution in [3.8, 4) is 5.75 Å². The fraction of sp³-hybridized carbons (Fsp3) is 0.353. The van der Waals surface area contributed by atoms with E-state index in [0.29, 0.717) is 18.8 Å². The number of nitrogens with zero attached hydrogens (tertiary/aromatic N) is 2. The van der Waals surface area contributed by atoms with Crippen LogP contribution in [0.25, 0.3) is 0 Å². The number of anilines is 1. The summed E-state index contributed by atoms with van der Waals surface area (Å²) in [5, 5.41) is 0. The van der Waals surface area contributed by atoms with Crippen LogP contribution in [0.1, 0.15) is 16.1 Å². The van der Waals surface area contributed by atoms with Crippen LogP contribution in [0.3, 0.4) is 0 Å². The molecule has 0 aliphatic carbocycles. The van der Waals surface area contributed by atoms with Crippen LogP contribution < -0.4 is 9.64 Å². The van der Waals surface area contributed by atoms with Crippen molar-refractivity contribution in [3.63, 3.8) is 0 Å². The number of furan rings is 1. The standard InChI is InChI=1S/C17H20N2O3/c1-13-11-16(22-12-13)17(20)19-9-7-18(8-10-19)14-3-5-15(21-2)6-4-14/h3-6,11-12H,7-10H2,1-2H3. The smallest absolute Gasteiger partial charge is 0.289 e. The number of benzene rings is 1. The van der Waals surface area contributed by atoms with Gasteiger partial charge in [-0.1, -0.05) is 0 Å². The maximum Gasteiger partial charge on any atom is 0.289 e. The van der Waals surface area contributed by atoms with E-state index in [1.165, 1.54) is 0 Å². The van der Waals surface area contributed by atoms with Gasteiger partial charge in [-0.3, -0.25) is 4.79 Å². The van der Waals surface area contributed by atoms with Crippen molar-refractivity contribution in [1.82, 2.24) is 4.90 Å². The first-order chi connectivity index (χ1) is 10.7. The second-order valence-corrected chi connectivity index (χ2v) is 5.47. The summed E-state index contributed by atoms with van der Waals surface area (Å²) in [5.74, 6) is 1.25. The van der Waals surface area contributed by atoms with Crippen LogP contribution in [0.15, 0.2) is 41.0 Å². The third kappa shape index (κ3) is 2.93. The summed E-state index contributed by atoms with van der Waals surface area (Å²) in [6.45, 7) is 4.95. The van der Waals surface area contributed by atoms with Crippen molar-refractivity contribution in [2.24, 2.45) is 0 Å². The summed E-state index contributed by atoms with van der Waals surface area (Å²) in [6.07, 6.45) is 1.61. The van der Waals surface area contributed by atoms with Gasteiger partial charge in [0, 0.05) is 31.9 Å². The summed E-state index contributed by atoms with van der Waals surface area (Å²) >= 11 is 0. The first-order valence-corrected chi connectivity index (χ1v) is 7.41. The average Bonchev–Trinajstić information content (AvgIpc) is 3.01. The molecule has 5 heteroatoms. The third-order valence-electron chi connectivity index (χ3n) is 3.95. The molecule has 2 heterocycles. The molecule has 0 radical (unpaired) electrons. The molecule has 22 heavy (non-hydrogen) atoms. The summed E-state index contributed by atoms with van der Waals surface area (Å²) in [5.41, 5.74) is 2.13. The largest absolute Gasteiger partial charge is 0.497 e. The van der Waals surface area contributed by atoms with Crippen LogP contribution in [0.5, 0.6) is 5.75 Å². The van der Waals surface area contributed by atoms with E-state index in [1.807, 2.05) is 36.1 Å². The molecule has 1 aromatic carbocycles. The van der Waals surface area contributed by atoms with E-state index in [9.17, 15) is 4.79 Å². The molecule has 1 aliphatic heterocycles. The molecule has 5 nitrogen and oxygen atoms in total. The maximum atomic E-state index is 12.3. The van der Waals surface area contributed by atoms with Gasteiger partial charge >= 0.3 is 0 Å². The Kier molecular flexibility index (Phi) is 4.04. The van der Waals surface area contributed by atoms with Crippen LogP contribution in [-0.4, -0.2) is 44.1 Å². The van der Waals surface area contributed by atoms with E-state index in [-0.39, 0.29) is 5.91 Å². The second-order valence-electron chi connectivity index (χ2n) is 5.47. The number of hydrogen-bond donors (Lipinski definition) is 0. The van der Waals surface area contributed by atoms with E-state index < -0.39 is 0 Å². The van der Waals surface area contributed by atoms with Gasteiger partial charge in [0.25, 0.3) is 5.91 Å². The van der Waals surface area contributed by atoms with Gasteiger partial charge in [0.1, 0.15) is 5.75 Å². The maximum absolute atomic E-state index is 12.3. The molecular weight excluding hydrogens is 280 g/mol. The van der Waals surface area contributed by atoms with Gasteiger partial charge in [0.2, 0.25) is 0 Å². The van der Waals surface area contributed by atoms with Crippen molar-refractivity contribution < 1.29 is 13.9 Å². The number of methoxy groups -OCH3 is 1. The zero-order chi connectivity index (χ0) is 15.5. The second kappa shape index (κ2) is 6.13. The zero-order valence-electron chi connectivity index (χ0n) is 12.9. The lowest BCUT2D eigenvalue weighted by molar-refractivity contribution is 0.0714. The van der Waals surface area contributed by atoms with Gasteiger partial charge in [-0.2, -0.15) is 0 Å². The minimum absolute atomic E-state index is 0.0255. The molecule has 1 fully saturated rings. The predicted molar refractivity (Wildman–Crippen MR) is 84.6 cm³/mol. The molecule has 0 spiro atoms. The highest BCUT2D eigenvalue weighted by atomic mass is 16.5.